The van der Waals surface area contributed by atoms with Gasteiger partial charge in [0.25, 0.3) is 5.91 Å². The number of anilines is 1. The predicted octanol–water partition coefficient (Wildman–Crippen LogP) is 3.54. The number of amides is 2. The van der Waals surface area contributed by atoms with Crippen LogP contribution in [0.4, 0.5) is 10.1 Å². The SMILES string of the molecule is CN(C)C(=O)c1ccccc1NC(=O)CCCc1nc(-c2ccc(F)cc2)no1. The Labute approximate surface area is 167 Å². The Morgan fingerprint density at radius 1 is 1.10 bits per heavy atom. The lowest BCUT2D eigenvalue weighted by Crippen LogP contribution is -2.24. The van der Waals surface area contributed by atoms with Crippen LogP contribution in [0.1, 0.15) is 29.1 Å². The Kier molecular flexibility index (Phi) is 6.33. The van der Waals surface area contributed by atoms with Gasteiger partial charge in [-0.3, -0.25) is 9.59 Å². The number of aromatic nitrogens is 2. The van der Waals surface area contributed by atoms with Crippen molar-refractivity contribution in [1.82, 2.24) is 15.0 Å². The first-order valence-corrected chi connectivity index (χ1v) is 9.13. The number of carbonyl (C=O) groups is 2. The van der Waals surface area contributed by atoms with E-state index in [2.05, 4.69) is 15.5 Å². The zero-order chi connectivity index (χ0) is 20.8. The second-order valence-electron chi connectivity index (χ2n) is 6.67. The Morgan fingerprint density at radius 2 is 1.83 bits per heavy atom. The van der Waals surface area contributed by atoms with E-state index in [1.54, 1.807) is 50.5 Å². The third kappa shape index (κ3) is 5.25. The molecule has 150 valence electrons. The van der Waals surface area contributed by atoms with Crippen molar-refractivity contribution in [2.75, 3.05) is 19.4 Å². The number of benzene rings is 2. The maximum Gasteiger partial charge on any atom is 0.255 e. The zero-order valence-electron chi connectivity index (χ0n) is 16.2. The van der Waals surface area contributed by atoms with Crippen molar-refractivity contribution in [3.8, 4) is 11.4 Å². The molecule has 0 fully saturated rings. The normalized spacial score (nSPS) is 10.6. The number of hydrogen-bond donors (Lipinski definition) is 1. The minimum Gasteiger partial charge on any atom is -0.345 e. The summed E-state index contributed by atoms with van der Waals surface area (Å²) in [5.74, 6) is 0.0561. The molecule has 8 heteroatoms. The zero-order valence-corrected chi connectivity index (χ0v) is 16.2. The third-order valence-corrected chi connectivity index (χ3v) is 4.20. The summed E-state index contributed by atoms with van der Waals surface area (Å²) >= 11 is 0. The van der Waals surface area contributed by atoms with Crippen molar-refractivity contribution >= 4 is 17.5 Å². The number of aryl methyl sites for hydroxylation is 1. The Bertz CT molecular complexity index is 999. The van der Waals surface area contributed by atoms with Crippen LogP contribution < -0.4 is 5.32 Å². The average molecular weight is 396 g/mol. The second kappa shape index (κ2) is 9.09. The highest BCUT2D eigenvalue weighted by molar-refractivity contribution is 6.03. The van der Waals surface area contributed by atoms with Crippen LogP contribution in [-0.2, 0) is 11.2 Å². The number of carbonyl (C=O) groups excluding carboxylic acids is 2. The third-order valence-electron chi connectivity index (χ3n) is 4.20. The quantitative estimate of drug-likeness (QED) is 0.660. The topological polar surface area (TPSA) is 88.3 Å². The van der Waals surface area contributed by atoms with Crippen LogP contribution in [-0.4, -0.2) is 41.0 Å². The summed E-state index contributed by atoms with van der Waals surface area (Å²) in [5.41, 5.74) is 1.57. The largest absolute Gasteiger partial charge is 0.345 e. The second-order valence-corrected chi connectivity index (χ2v) is 6.67. The van der Waals surface area contributed by atoms with E-state index in [1.165, 1.54) is 17.0 Å². The maximum atomic E-state index is 13.0. The van der Waals surface area contributed by atoms with Gasteiger partial charge in [0.05, 0.1) is 11.3 Å². The molecule has 0 radical (unpaired) electrons. The van der Waals surface area contributed by atoms with E-state index in [0.717, 1.165) is 0 Å². The van der Waals surface area contributed by atoms with Gasteiger partial charge in [0.1, 0.15) is 5.82 Å². The summed E-state index contributed by atoms with van der Waals surface area (Å²) in [6.45, 7) is 0. The first kappa shape index (κ1) is 20.2. The van der Waals surface area contributed by atoms with E-state index in [1.807, 2.05) is 0 Å². The first-order chi connectivity index (χ1) is 13.9. The van der Waals surface area contributed by atoms with Gasteiger partial charge in [-0.1, -0.05) is 17.3 Å². The van der Waals surface area contributed by atoms with Crippen molar-refractivity contribution in [3.63, 3.8) is 0 Å². The highest BCUT2D eigenvalue weighted by atomic mass is 19.1. The molecule has 0 aliphatic heterocycles. The van der Waals surface area contributed by atoms with Crippen molar-refractivity contribution < 1.29 is 18.5 Å². The summed E-state index contributed by atoms with van der Waals surface area (Å²) in [7, 11) is 3.32. The van der Waals surface area contributed by atoms with Crippen LogP contribution >= 0.6 is 0 Å². The van der Waals surface area contributed by atoms with Gasteiger partial charge in [-0.2, -0.15) is 4.98 Å². The smallest absolute Gasteiger partial charge is 0.255 e. The minimum absolute atomic E-state index is 0.180. The summed E-state index contributed by atoms with van der Waals surface area (Å²) in [6.07, 6.45) is 1.17. The van der Waals surface area contributed by atoms with Gasteiger partial charge < -0.3 is 14.7 Å². The molecule has 0 atom stereocenters. The van der Waals surface area contributed by atoms with Crippen molar-refractivity contribution in [1.29, 1.82) is 0 Å². The lowest BCUT2D eigenvalue weighted by molar-refractivity contribution is -0.116. The van der Waals surface area contributed by atoms with E-state index < -0.39 is 0 Å². The van der Waals surface area contributed by atoms with Crippen LogP contribution in [0.2, 0.25) is 0 Å². The molecule has 1 heterocycles. The molecule has 1 aromatic heterocycles. The van der Waals surface area contributed by atoms with Gasteiger partial charge in [-0.25, -0.2) is 4.39 Å². The van der Waals surface area contributed by atoms with Crippen molar-refractivity contribution in [3.05, 3.63) is 65.8 Å². The highest BCUT2D eigenvalue weighted by Gasteiger charge is 2.15. The van der Waals surface area contributed by atoms with E-state index in [-0.39, 0.29) is 24.1 Å². The summed E-state index contributed by atoms with van der Waals surface area (Å²) in [6, 6.07) is 12.7. The van der Waals surface area contributed by atoms with Crippen LogP contribution in [0, 0.1) is 5.82 Å². The lowest BCUT2D eigenvalue weighted by Gasteiger charge is -2.14. The minimum atomic E-state index is -0.336. The molecule has 0 spiro atoms. The van der Waals surface area contributed by atoms with Crippen LogP contribution in [0.3, 0.4) is 0 Å². The fourth-order valence-corrected chi connectivity index (χ4v) is 2.71. The van der Waals surface area contributed by atoms with E-state index in [9.17, 15) is 14.0 Å². The summed E-state index contributed by atoms with van der Waals surface area (Å²) in [5, 5.41) is 6.66. The number of hydrogen-bond acceptors (Lipinski definition) is 5. The van der Waals surface area contributed by atoms with Gasteiger partial charge in [0, 0.05) is 32.5 Å². The molecule has 0 saturated carbocycles. The van der Waals surface area contributed by atoms with Crippen molar-refractivity contribution in [2.24, 2.45) is 0 Å². The molecule has 0 aliphatic rings. The maximum absolute atomic E-state index is 13.0. The number of nitrogens with one attached hydrogen (secondary N) is 1. The number of rotatable bonds is 7. The van der Waals surface area contributed by atoms with E-state index in [4.69, 9.17) is 4.52 Å². The molecular formula is C21H21FN4O3. The number of nitrogens with zero attached hydrogens (tertiary/aromatic N) is 3. The Balaban J connectivity index is 1.54. The Hall–Kier alpha value is -3.55. The average Bonchev–Trinajstić information content (AvgIpc) is 3.17. The predicted molar refractivity (Wildman–Crippen MR) is 106 cm³/mol. The van der Waals surface area contributed by atoms with E-state index >= 15 is 0 Å². The molecule has 0 saturated heterocycles. The van der Waals surface area contributed by atoms with E-state index in [0.29, 0.717) is 41.4 Å². The molecular weight excluding hydrogens is 375 g/mol. The van der Waals surface area contributed by atoms with Gasteiger partial charge in [-0.15, -0.1) is 0 Å². The molecule has 3 rings (SSSR count). The molecule has 29 heavy (non-hydrogen) atoms. The standard InChI is InChI=1S/C21H21FN4O3/c1-26(2)21(28)16-6-3-4-7-17(16)23-18(27)8-5-9-19-24-20(25-29-19)14-10-12-15(22)13-11-14/h3-4,6-7,10-13H,5,8-9H2,1-2H3,(H,23,27). The molecule has 0 aliphatic carbocycles. The van der Waals surface area contributed by atoms with Crippen LogP contribution in [0.25, 0.3) is 11.4 Å². The number of para-hydroxylation sites is 1. The Morgan fingerprint density at radius 3 is 2.55 bits per heavy atom. The molecule has 0 bridgehead atoms. The van der Waals surface area contributed by atoms with Gasteiger partial charge in [0.15, 0.2) is 0 Å². The number of halogens is 1. The summed E-state index contributed by atoms with van der Waals surface area (Å²) < 4.78 is 18.2. The highest BCUT2D eigenvalue weighted by Crippen LogP contribution is 2.18. The fourth-order valence-electron chi connectivity index (χ4n) is 2.71. The molecule has 2 aromatic carbocycles. The van der Waals surface area contributed by atoms with Gasteiger partial charge in [0.2, 0.25) is 17.6 Å². The lowest BCUT2D eigenvalue weighted by atomic mass is 10.1. The molecule has 3 aromatic rings. The van der Waals surface area contributed by atoms with Crippen molar-refractivity contribution in [2.45, 2.75) is 19.3 Å². The van der Waals surface area contributed by atoms with Crippen LogP contribution in [0.5, 0.6) is 0 Å². The first-order valence-electron chi connectivity index (χ1n) is 9.13. The molecule has 0 unspecified atom stereocenters. The molecule has 7 nitrogen and oxygen atoms in total. The summed E-state index contributed by atoms with van der Waals surface area (Å²) in [4.78, 5) is 30.2. The molecule has 2 amide bonds. The fraction of sp³-hybridized carbons (Fsp3) is 0.238. The van der Waals surface area contributed by atoms with Gasteiger partial charge in [-0.05, 0) is 42.8 Å². The monoisotopic (exact) mass is 396 g/mol. The van der Waals surface area contributed by atoms with Gasteiger partial charge >= 0.3 is 0 Å². The van der Waals surface area contributed by atoms with Crippen LogP contribution in [0.15, 0.2) is 53.1 Å². The molecule has 1 N–H and O–H groups in total.